The molecule has 1 unspecified atom stereocenters. The summed E-state index contributed by atoms with van der Waals surface area (Å²) in [5, 5.41) is 12.2. The lowest BCUT2D eigenvalue weighted by Crippen LogP contribution is -2.39. The Morgan fingerprint density at radius 2 is 2.05 bits per heavy atom. The molecule has 106 valence electrons. The van der Waals surface area contributed by atoms with Gasteiger partial charge >= 0.3 is 0 Å². The van der Waals surface area contributed by atoms with Crippen LogP contribution in [0.2, 0.25) is 0 Å². The molecule has 1 aromatic carbocycles. The molecule has 0 heterocycles. The number of carbonyl (C=O) groups is 1. The Morgan fingerprint density at radius 1 is 1.42 bits per heavy atom. The highest BCUT2D eigenvalue weighted by atomic mass is 16.3. The van der Waals surface area contributed by atoms with Gasteiger partial charge in [-0.15, -0.1) is 0 Å². The van der Waals surface area contributed by atoms with Crippen LogP contribution in [0.5, 0.6) is 5.75 Å². The number of benzene rings is 1. The van der Waals surface area contributed by atoms with Gasteiger partial charge in [0.05, 0.1) is 0 Å². The number of hydrogen-bond donors (Lipinski definition) is 3. The van der Waals surface area contributed by atoms with Crippen LogP contribution in [0.25, 0.3) is 0 Å². The Bertz CT molecular complexity index is 450. The Labute approximate surface area is 115 Å². The number of hydrogen-bond acceptors (Lipinski definition) is 3. The molecule has 0 radical (unpaired) electrons. The number of rotatable bonds is 4. The largest absolute Gasteiger partial charge is 0.508 e. The van der Waals surface area contributed by atoms with Crippen LogP contribution < -0.4 is 11.1 Å². The lowest BCUT2D eigenvalue weighted by atomic mass is 9.88. The average Bonchev–Trinajstić information content (AvgIpc) is 2.27. The third kappa shape index (κ3) is 5.30. The van der Waals surface area contributed by atoms with Gasteiger partial charge in [0.15, 0.2) is 0 Å². The molecular formula is C15H24N2O2. The van der Waals surface area contributed by atoms with E-state index in [1.54, 1.807) is 19.1 Å². The van der Waals surface area contributed by atoms with Crippen molar-refractivity contribution in [1.29, 1.82) is 0 Å². The molecule has 4 nitrogen and oxygen atoms in total. The number of aryl methyl sites for hydroxylation is 1. The summed E-state index contributed by atoms with van der Waals surface area (Å²) in [5.74, 6) is 0.0356. The van der Waals surface area contributed by atoms with Gasteiger partial charge in [-0.2, -0.15) is 0 Å². The molecule has 0 saturated heterocycles. The van der Waals surface area contributed by atoms with E-state index in [0.717, 1.165) is 6.42 Å². The maximum absolute atomic E-state index is 11.9. The molecule has 0 fully saturated rings. The summed E-state index contributed by atoms with van der Waals surface area (Å²) in [6.45, 7) is 8.58. The molecule has 0 spiro atoms. The molecule has 1 amide bonds. The molecule has 0 aliphatic heterocycles. The number of aromatic hydroxyl groups is 1. The summed E-state index contributed by atoms with van der Waals surface area (Å²) in [5.41, 5.74) is 7.36. The minimum absolute atomic E-state index is 0.0536. The van der Waals surface area contributed by atoms with E-state index < -0.39 is 0 Å². The summed E-state index contributed by atoms with van der Waals surface area (Å²) in [4.78, 5) is 11.9. The first-order valence-corrected chi connectivity index (χ1v) is 6.52. The molecule has 1 atom stereocenters. The van der Waals surface area contributed by atoms with Crippen molar-refractivity contribution < 1.29 is 9.90 Å². The van der Waals surface area contributed by atoms with E-state index in [9.17, 15) is 9.90 Å². The van der Waals surface area contributed by atoms with E-state index in [2.05, 4.69) is 26.1 Å². The van der Waals surface area contributed by atoms with Gasteiger partial charge < -0.3 is 16.2 Å². The summed E-state index contributed by atoms with van der Waals surface area (Å²) < 4.78 is 0. The molecule has 4 N–H and O–H groups in total. The van der Waals surface area contributed by atoms with Gasteiger partial charge in [-0.3, -0.25) is 4.79 Å². The first-order valence-electron chi connectivity index (χ1n) is 6.52. The topological polar surface area (TPSA) is 75.4 Å². The maximum Gasteiger partial charge on any atom is 0.251 e. The van der Waals surface area contributed by atoms with Crippen molar-refractivity contribution in [3.8, 4) is 5.75 Å². The van der Waals surface area contributed by atoms with Gasteiger partial charge in [-0.25, -0.2) is 0 Å². The minimum Gasteiger partial charge on any atom is -0.508 e. The predicted octanol–water partition coefficient (Wildman–Crippen LogP) is 2.19. The fourth-order valence-electron chi connectivity index (χ4n) is 1.98. The number of nitrogens with one attached hydrogen (secondary N) is 1. The van der Waals surface area contributed by atoms with Crippen LogP contribution in [-0.4, -0.2) is 23.6 Å². The normalized spacial score (nSPS) is 13.1. The lowest BCUT2D eigenvalue weighted by Gasteiger charge is -2.23. The van der Waals surface area contributed by atoms with Gasteiger partial charge in [0.2, 0.25) is 0 Å². The quantitative estimate of drug-likeness (QED) is 0.780. The van der Waals surface area contributed by atoms with Gasteiger partial charge in [-0.1, -0.05) is 20.8 Å². The first kappa shape index (κ1) is 15.5. The standard InChI is InChI=1S/C15H24N2O2/c1-10-7-11(5-6-13(10)18)14(19)17-9-12(16)8-15(2,3)4/h5-7,12,18H,8-9,16H2,1-4H3,(H,17,19). The summed E-state index contributed by atoms with van der Waals surface area (Å²) in [6, 6.07) is 4.74. The third-order valence-electron chi connectivity index (χ3n) is 2.86. The Morgan fingerprint density at radius 3 is 2.58 bits per heavy atom. The second-order valence-corrected chi connectivity index (χ2v) is 6.24. The molecular weight excluding hydrogens is 240 g/mol. The molecule has 0 bridgehead atoms. The van der Waals surface area contributed by atoms with Gasteiger partial charge in [0, 0.05) is 18.2 Å². The fourth-order valence-corrected chi connectivity index (χ4v) is 1.98. The molecule has 0 aliphatic carbocycles. The smallest absolute Gasteiger partial charge is 0.251 e. The third-order valence-corrected chi connectivity index (χ3v) is 2.86. The van der Waals surface area contributed by atoms with Crippen molar-refractivity contribution in [2.45, 2.75) is 40.2 Å². The van der Waals surface area contributed by atoms with E-state index in [-0.39, 0.29) is 23.1 Å². The summed E-state index contributed by atoms with van der Waals surface area (Å²) in [6.07, 6.45) is 0.849. The zero-order chi connectivity index (χ0) is 14.6. The van der Waals surface area contributed by atoms with E-state index >= 15 is 0 Å². The summed E-state index contributed by atoms with van der Waals surface area (Å²) >= 11 is 0. The number of phenolic OH excluding ortho intramolecular Hbond substituents is 1. The number of carbonyl (C=O) groups excluding carboxylic acids is 1. The zero-order valence-electron chi connectivity index (χ0n) is 12.2. The Kier molecular flexibility index (Phi) is 4.95. The molecule has 1 rings (SSSR count). The van der Waals surface area contributed by atoms with Gasteiger partial charge in [0.25, 0.3) is 5.91 Å². The molecule has 0 saturated carbocycles. The first-order chi connectivity index (χ1) is 8.69. The highest BCUT2D eigenvalue weighted by molar-refractivity contribution is 5.94. The van der Waals surface area contributed by atoms with Crippen LogP contribution >= 0.6 is 0 Å². The Hall–Kier alpha value is -1.55. The lowest BCUT2D eigenvalue weighted by molar-refractivity contribution is 0.0948. The van der Waals surface area contributed by atoms with Crippen LogP contribution in [0.15, 0.2) is 18.2 Å². The minimum atomic E-state index is -0.160. The van der Waals surface area contributed by atoms with Crippen LogP contribution in [-0.2, 0) is 0 Å². The molecule has 4 heteroatoms. The maximum atomic E-state index is 11.9. The van der Waals surface area contributed by atoms with Crippen molar-refractivity contribution >= 4 is 5.91 Å². The second kappa shape index (κ2) is 6.06. The second-order valence-electron chi connectivity index (χ2n) is 6.24. The van der Waals surface area contributed by atoms with Crippen LogP contribution in [0, 0.1) is 12.3 Å². The van der Waals surface area contributed by atoms with Crippen LogP contribution in [0.1, 0.15) is 43.1 Å². The van der Waals surface area contributed by atoms with Crippen LogP contribution in [0.4, 0.5) is 0 Å². The van der Waals surface area contributed by atoms with Gasteiger partial charge in [0.1, 0.15) is 5.75 Å². The van der Waals surface area contributed by atoms with Crippen molar-refractivity contribution in [2.75, 3.05) is 6.54 Å². The molecule has 19 heavy (non-hydrogen) atoms. The SMILES string of the molecule is Cc1cc(C(=O)NCC(N)CC(C)(C)C)ccc1O. The van der Waals surface area contributed by atoms with Crippen molar-refractivity contribution in [1.82, 2.24) is 5.32 Å². The zero-order valence-corrected chi connectivity index (χ0v) is 12.2. The molecule has 1 aromatic rings. The van der Waals surface area contributed by atoms with Crippen molar-refractivity contribution in [3.63, 3.8) is 0 Å². The van der Waals surface area contributed by atoms with Crippen molar-refractivity contribution in [2.24, 2.45) is 11.1 Å². The van der Waals surface area contributed by atoms with E-state index in [4.69, 9.17) is 5.73 Å². The Balaban J connectivity index is 2.53. The fraction of sp³-hybridized carbons (Fsp3) is 0.533. The average molecular weight is 264 g/mol. The highest BCUT2D eigenvalue weighted by Crippen LogP contribution is 2.20. The number of phenols is 1. The monoisotopic (exact) mass is 264 g/mol. The number of nitrogens with two attached hydrogens (primary N) is 1. The van der Waals surface area contributed by atoms with E-state index in [1.807, 2.05) is 0 Å². The van der Waals surface area contributed by atoms with Crippen LogP contribution in [0.3, 0.4) is 0 Å². The van der Waals surface area contributed by atoms with Crippen molar-refractivity contribution in [3.05, 3.63) is 29.3 Å². The molecule has 0 aromatic heterocycles. The number of amides is 1. The highest BCUT2D eigenvalue weighted by Gasteiger charge is 2.16. The van der Waals surface area contributed by atoms with E-state index in [0.29, 0.717) is 17.7 Å². The molecule has 0 aliphatic rings. The van der Waals surface area contributed by atoms with Gasteiger partial charge in [-0.05, 0) is 42.5 Å². The predicted molar refractivity (Wildman–Crippen MR) is 77.2 cm³/mol. The van der Waals surface area contributed by atoms with E-state index in [1.165, 1.54) is 6.07 Å². The summed E-state index contributed by atoms with van der Waals surface area (Å²) in [7, 11) is 0.